The van der Waals surface area contributed by atoms with Crippen LogP contribution in [0, 0.1) is 5.92 Å². The molecule has 0 aliphatic heterocycles. The van der Waals surface area contributed by atoms with E-state index in [0.29, 0.717) is 0 Å². The minimum atomic E-state index is -0.277. The molecule has 0 saturated heterocycles. The molecule has 0 amide bonds. The molecule has 1 atom stereocenters. The number of pyridine rings is 1. The molecule has 0 spiro atoms. The summed E-state index contributed by atoms with van der Waals surface area (Å²) in [5, 5.41) is 9.70. The summed E-state index contributed by atoms with van der Waals surface area (Å²) in [5.41, 5.74) is 0.997. The Balaban J connectivity index is 1.98. The largest absolute Gasteiger partial charge is 0.388 e. The zero-order valence-corrected chi connectivity index (χ0v) is 6.98. The summed E-state index contributed by atoms with van der Waals surface area (Å²) in [6, 6.07) is 3.76. The molecular formula is C10H13NO. The second kappa shape index (κ2) is 3.23. The summed E-state index contributed by atoms with van der Waals surface area (Å²) >= 11 is 0. The molecule has 12 heavy (non-hydrogen) atoms. The first-order chi connectivity index (χ1) is 5.86. The molecule has 1 aromatic rings. The number of aliphatic hydroxyl groups is 1. The molecule has 1 unspecified atom stereocenters. The van der Waals surface area contributed by atoms with Crippen LogP contribution in [0.15, 0.2) is 24.5 Å². The van der Waals surface area contributed by atoms with E-state index in [4.69, 9.17) is 0 Å². The van der Waals surface area contributed by atoms with Crippen LogP contribution in [0.25, 0.3) is 0 Å². The standard InChI is InChI=1S/C10H13NO/c12-10(7-8-1-2-8)9-3-5-11-6-4-9/h3-6,8,10,12H,1-2,7H2. The maximum Gasteiger partial charge on any atom is 0.0793 e. The highest BCUT2D eigenvalue weighted by molar-refractivity contribution is 5.13. The summed E-state index contributed by atoms with van der Waals surface area (Å²) < 4.78 is 0. The van der Waals surface area contributed by atoms with Crippen molar-refractivity contribution in [3.8, 4) is 0 Å². The average molecular weight is 163 g/mol. The third-order valence-corrected chi connectivity index (χ3v) is 2.34. The Morgan fingerprint density at radius 1 is 1.42 bits per heavy atom. The van der Waals surface area contributed by atoms with E-state index < -0.39 is 0 Å². The smallest absolute Gasteiger partial charge is 0.0793 e. The Kier molecular flexibility index (Phi) is 2.09. The highest BCUT2D eigenvalue weighted by atomic mass is 16.3. The third kappa shape index (κ3) is 1.83. The van der Waals surface area contributed by atoms with Gasteiger partial charge >= 0.3 is 0 Å². The summed E-state index contributed by atoms with van der Waals surface area (Å²) in [7, 11) is 0. The minimum absolute atomic E-state index is 0.277. The number of hydrogen-bond acceptors (Lipinski definition) is 2. The molecule has 64 valence electrons. The van der Waals surface area contributed by atoms with E-state index >= 15 is 0 Å². The van der Waals surface area contributed by atoms with Crippen LogP contribution in [0.5, 0.6) is 0 Å². The molecule has 1 aliphatic carbocycles. The van der Waals surface area contributed by atoms with Gasteiger partial charge in [-0.2, -0.15) is 0 Å². The molecule has 2 rings (SSSR count). The lowest BCUT2D eigenvalue weighted by Crippen LogP contribution is -1.97. The Hall–Kier alpha value is -0.890. The second-order valence-corrected chi connectivity index (χ2v) is 3.48. The molecule has 1 fully saturated rings. The van der Waals surface area contributed by atoms with E-state index in [1.54, 1.807) is 12.4 Å². The normalized spacial score (nSPS) is 19.1. The lowest BCUT2D eigenvalue weighted by atomic mass is 10.1. The highest BCUT2D eigenvalue weighted by Gasteiger charge is 2.24. The van der Waals surface area contributed by atoms with Gasteiger partial charge in [0.25, 0.3) is 0 Å². The zero-order chi connectivity index (χ0) is 8.39. The van der Waals surface area contributed by atoms with Gasteiger partial charge < -0.3 is 5.11 Å². The molecule has 2 nitrogen and oxygen atoms in total. The van der Waals surface area contributed by atoms with Gasteiger partial charge in [-0.15, -0.1) is 0 Å². The molecular weight excluding hydrogens is 150 g/mol. The van der Waals surface area contributed by atoms with Gasteiger partial charge in [0.2, 0.25) is 0 Å². The topological polar surface area (TPSA) is 33.1 Å². The van der Waals surface area contributed by atoms with Gasteiger partial charge in [-0.05, 0) is 30.0 Å². The van der Waals surface area contributed by atoms with Crippen molar-refractivity contribution in [1.82, 2.24) is 4.98 Å². The van der Waals surface area contributed by atoms with Crippen LogP contribution < -0.4 is 0 Å². The van der Waals surface area contributed by atoms with E-state index in [0.717, 1.165) is 17.9 Å². The summed E-state index contributed by atoms with van der Waals surface area (Å²) in [5.74, 6) is 0.771. The highest BCUT2D eigenvalue weighted by Crippen LogP contribution is 2.37. The number of rotatable bonds is 3. The van der Waals surface area contributed by atoms with Crippen molar-refractivity contribution in [1.29, 1.82) is 0 Å². The van der Waals surface area contributed by atoms with E-state index in [2.05, 4.69) is 4.98 Å². The van der Waals surface area contributed by atoms with E-state index in [9.17, 15) is 5.11 Å². The van der Waals surface area contributed by atoms with Gasteiger partial charge in [-0.1, -0.05) is 12.8 Å². The second-order valence-electron chi connectivity index (χ2n) is 3.48. The number of aromatic nitrogens is 1. The first-order valence-electron chi connectivity index (χ1n) is 4.44. The Labute approximate surface area is 72.3 Å². The van der Waals surface area contributed by atoms with Crippen LogP contribution in [0.2, 0.25) is 0 Å². The SMILES string of the molecule is OC(CC1CC1)c1ccncc1. The number of hydrogen-bond donors (Lipinski definition) is 1. The number of aliphatic hydroxyl groups excluding tert-OH is 1. The molecule has 1 heterocycles. The molecule has 0 aromatic carbocycles. The van der Waals surface area contributed by atoms with E-state index in [1.165, 1.54) is 12.8 Å². The quantitative estimate of drug-likeness (QED) is 0.738. The lowest BCUT2D eigenvalue weighted by Gasteiger charge is -2.08. The predicted octanol–water partition coefficient (Wildman–Crippen LogP) is 1.92. The van der Waals surface area contributed by atoms with Gasteiger partial charge in [0.15, 0.2) is 0 Å². The molecule has 1 aliphatic rings. The third-order valence-electron chi connectivity index (χ3n) is 2.34. The van der Waals surface area contributed by atoms with Gasteiger partial charge in [0.05, 0.1) is 6.10 Å². The summed E-state index contributed by atoms with van der Waals surface area (Å²) in [4.78, 5) is 3.91. The van der Waals surface area contributed by atoms with Crippen molar-refractivity contribution in [3.05, 3.63) is 30.1 Å². The van der Waals surface area contributed by atoms with Crippen LogP contribution in [0.3, 0.4) is 0 Å². The van der Waals surface area contributed by atoms with Crippen molar-refractivity contribution < 1.29 is 5.11 Å². The maximum absolute atomic E-state index is 9.70. The van der Waals surface area contributed by atoms with Crippen molar-refractivity contribution in [2.75, 3.05) is 0 Å². The first kappa shape index (κ1) is 7.74. The van der Waals surface area contributed by atoms with Crippen LogP contribution in [0.1, 0.15) is 30.9 Å². The van der Waals surface area contributed by atoms with Crippen molar-refractivity contribution in [3.63, 3.8) is 0 Å². The monoisotopic (exact) mass is 163 g/mol. The fourth-order valence-corrected chi connectivity index (χ4v) is 1.39. The van der Waals surface area contributed by atoms with E-state index in [-0.39, 0.29) is 6.10 Å². The minimum Gasteiger partial charge on any atom is -0.388 e. The molecule has 1 N–H and O–H groups in total. The first-order valence-corrected chi connectivity index (χ1v) is 4.44. The van der Waals surface area contributed by atoms with Crippen molar-refractivity contribution in [2.24, 2.45) is 5.92 Å². The molecule has 0 radical (unpaired) electrons. The van der Waals surface area contributed by atoms with Crippen LogP contribution in [0.4, 0.5) is 0 Å². The average Bonchev–Trinajstić information content (AvgIpc) is 2.90. The van der Waals surface area contributed by atoms with Crippen LogP contribution in [-0.4, -0.2) is 10.1 Å². The van der Waals surface area contributed by atoms with Crippen molar-refractivity contribution >= 4 is 0 Å². The maximum atomic E-state index is 9.70. The van der Waals surface area contributed by atoms with Gasteiger partial charge in [-0.25, -0.2) is 0 Å². The number of nitrogens with zero attached hydrogens (tertiary/aromatic N) is 1. The van der Waals surface area contributed by atoms with Gasteiger partial charge in [0, 0.05) is 12.4 Å². The van der Waals surface area contributed by atoms with Gasteiger partial charge in [0.1, 0.15) is 0 Å². The fourth-order valence-electron chi connectivity index (χ4n) is 1.39. The Morgan fingerprint density at radius 3 is 2.67 bits per heavy atom. The molecule has 1 aromatic heterocycles. The molecule has 1 saturated carbocycles. The molecule has 0 bridgehead atoms. The van der Waals surface area contributed by atoms with E-state index in [1.807, 2.05) is 12.1 Å². The Morgan fingerprint density at radius 2 is 2.08 bits per heavy atom. The molecule has 2 heteroatoms. The predicted molar refractivity (Wildman–Crippen MR) is 46.5 cm³/mol. The van der Waals surface area contributed by atoms with Crippen molar-refractivity contribution in [2.45, 2.75) is 25.4 Å². The van der Waals surface area contributed by atoms with Crippen LogP contribution >= 0.6 is 0 Å². The zero-order valence-electron chi connectivity index (χ0n) is 6.98. The summed E-state index contributed by atoms with van der Waals surface area (Å²) in [6.45, 7) is 0. The fraction of sp³-hybridized carbons (Fsp3) is 0.500. The Bertz CT molecular complexity index is 243. The van der Waals surface area contributed by atoms with Gasteiger partial charge in [-0.3, -0.25) is 4.98 Å². The lowest BCUT2D eigenvalue weighted by molar-refractivity contribution is 0.160. The van der Waals surface area contributed by atoms with Crippen LogP contribution in [-0.2, 0) is 0 Å². The summed E-state index contributed by atoms with van der Waals surface area (Å²) in [6.07, 6.45) is 6.69.